The highest BCUT2D eigenvalue weighted by Gasteiger charge is 2.13. The van der Waals surface area contributed by atoms with Crippen LogP contribution in [-0.4, -0.2) is 30.0 Å². The highest BCUT2D eigenvalue weighted by atomic mass is 79.9. The predicted molar refractivity (Wildman–Crippen MR) is 87.7 cm³/mol. The summed E-state index contributed by atoms with van der Waals surface area (Å²) in [5.41, 5.74) is 0.730. The molecule has 21 heavy (non-hydrogen) atoms. The molecule has 112 valence electrons. The van der Waals surface area contributed by atoms with Gasteiger partial charge in [-0.3, -0.25) is 9.59 Å². The molecular weight excluding hydrogens is 334 g/mol. The second kappa shape index (κ2) is 6.87. The third-order valence-electron chi connectivity index (χ3n) is 3.19. The zero-order valence-corrected chi connectivity index (χ0v) is 13.6. The maximum Gasteiger partial charge on any atom is 0.252 e. The smallest absolute Gasteiger partial charge is 0.252 e. The summed E-state index contributed by atoms with van der Waals surface area (Å²) in [7, 11) is 0. The minimum Gasteiger partial charge on any atom is -0.350 e. The van der Waals surface area contributed by atoms with E-state index in [4.69, 9.17) is 0 Å². The Hall–Kier alpha value is -1.66. The minimum absolute atomic E-state index is 0.180. The monoisotopic (exact) mass is 351 g/mol. The largest absolute Gasteiger partial charge is 0.350 e. The van der Waals surface area contributed by atoms with Crippen molar-refractivity contribution in [3.63, 3.8) is 0 Å². The molecule has 0 saturated heterocycles. The molecule has 0 aliphatic carbocycles. The molecular formula is C15H18BrN3O2. The van der Waals surface area contributed by atoms with Crippen molar-refractivity contribution in [2.75, 3.05) is 13.1 Å². The van der Waals surface area contributed by atoms with Crippen LogP contribution in [0.25, 0.3) is 10.9 Å². The van der Waals surface area contributed by atoms with Crippen LogP contribution in [0.15, 0.2) is 33.5 Å². The number of carbonyl (C=O) groups is 1. The summed E-state index contributed by atoms with van der Waals surface area (Å²) in [5.74, 6) is -0.242. The topological polar surface area (TPSA) is 74.0 Å². The van der Waals surface area contributed by atoms with E-state index in [1.165, 1.54) is 6.07 Å². The van der Waals surface area contributed by atoms with Crippen molar-refractivity contribution in [3.8, 4) is 0 Å². The molecule has 0 radical (unpaired) electrons. The van der Waals surface area contributed by atoms with Crippen LogP contribution >= 0.6 is 15.9 Å². The normalized spacial score (nSPS) is 12.3. The third kappa shape index (κ3) is 3.71. The molecule has 0 aliphatic heterocycles. The van der Waals surface area contributed by atoms with E-state index in [9.17, 15) is 9.59 Å². The Balaban J connectivity index is 2.31. The van der Waals surface area contributed by atoms with Crippen molar-refractivity contribution in [1.82, 2.24) is 15.6 Å². The second-order valence-electron chi connectivity index (χ2n) is 4.88. The van der Waals surface area contributed by atoms with Crippen molar-refractivity contribution >= 4 is 32.7 Å². The maximum atomic E-state index is 12.3. The van der Waals surface area contributed by atoms with Gasteiger partial charge in [0.1, 0.15) is 0 Å². The lowest BCUT2D eigenvalue weighted by molar-refractivity contribution is 0.0951. The van der Waals surface area contributed by atoms with Gasteiger partial charge in [0.2, 0.25) is 5.56 Å². The summed E-state index contributed by atoms with van der Waals surface area (Å²) in [6.07, 6.45) is 0. The number of H-pyrrole nitrogens is 1. The van der Waals surface area contributed by atoms with Crippen LogP contribution < -0.4 is 16.2 Å². The number of aromatic nitrogens is 1. The number of para-hydroxylation sites is 1. The number of benzene rings is 1. The molecule has 1 aromatic heterocycles. The lowest BCUT2D eigenvalue weighted by Crippen LogP contribution is -2.39. The van der Waals surface area contributed by atoms with Crippen LogP contribution in [0.3, 0.4) is 0 Å². The van der Waals surface area contributed by atoms with E-state index in [1.807, 2.05) is 32.0 Å². The van der Waals surface area contributed by atoms with E-state index in [-0.39, 0.29) is 17.5 Å². The van der Waals surface area contributed by atoms with Crippen molar-refractivity contribution in [2.45, 2.75) is 19.9 Å². The van der Waals surface area contributed by atoms with Gasteiger partial charge in [-0.15, -0.1) is 0 Å². The van der Waals surface area contributed by atoms with Crippen molar-refractivity contribution in [1.29, 1.82) is 0 Å². The number of likely N-dealkylation sites (N-methyl/N-ethyl adjacent to an activating group) is 1. The predicted octanol–water partition coefficient (Wildman–Crippen LogP) is 2.02. The van der Waals surface area contributed by atoms with Crippen LogP contribution in [0, 0.1) is 0 Å². The highest BCUT2D eigenvalue weighted by Crippen LogP contribution is 2.23. The van der Waals surface area contributed by atoms with E-state index in [0.717, 1.165) is 16.4 Å². The molecule has 0 bridgehead atoms. The average Bonchev–Trinajstić information content (AvgIpc) is 2.45. The fourth-order valence-corrected chi connectivity index (χ4v) is 2.66. The van der Waals surface area contributed by atoms with Crippen molar-refractivity contribution in [2.24, 2.45) is 0 Å². The first-order chi connectivity index (χ1) is 10.0. The number of rotatable bonds is 5. The van der Waals surface area contributed by atoms with Crippen molar-refractivity contribution < 1.29 is 4.79 Å². The van der Waals surface area contributed by atoms with Gasteiger partial charge >= 0.3 is 0 Å². The molecule has 2 rings (SSSR count). The summed E-state index contributed by atoms with van der Waals surface area (Å²) in [6, 6.07) is 7.00. The molecule has 0 saturated carbocycles. The Morgan fingerprint density at radius 2 is 2.19 bits per heavy atom. The number of nitrogens with one attached hydrogen (secondary N) is 3. The number of carbonyl (C=O) groups excluding carboxylic acids is 1. The lowest BCUT2D eigenvalue weighted by atomic mass is 10.1. The lowest BCUT2D eigenvalue weighted by Gasteiger charge is -2.14. The molecule has 1 atom stereocenters. The number of halogens is 1. The molecule has 0 unspecified atom stereocenters. The molecule has 5 nitrogen and oxygen atoms in total. The number of fused-ring (bicyclic) bond motifs is 1. The van der Waals surface area contributed by atoms with E-state index < -0.39 is 0 Å². The molecule has 6 heteroatoms. The summed E-state index contributed by atoms with van der Waals surface area (Å²) in [6.45, 7) is 5.36. The molecule has 3 N–H and O–H groups in total. The second-order valence-corrected chi connectivity index (χ2v) is 5.73. The van der Waals surface area contributed by atoms with E-state index in [1.54, 1.807) is 0 Å². The van der Waals surface area contributed by atoms with Crippen LogP contribution in [0.5, 0.6) is 0 Å². The number of amides is 1. The van der Waals surface area contributed by atoms with E-state index in [0.29, 0.717) is 17.6 Å². The Kier molecular flexibility index (Phi) is 5.14. The molecule has 2 aromatic rings. The van der Waals surface area contributed by atoms with E-state index in [2.05, 4.69) is 31.5 Å². The fraction of sp³-hybridized carbons (Fsp3) is 0.333. The molecule has 0 fully saturated rings. The third-order valence-corrected chi connectivity index (χ3v) is 3.85. The summed E-state index contributed by atoms with van der Waals surface area (Å²) in [4.78, 5) is 26.8. The first kappa shape index (κ1) is 15.7. The molecule has 0 spiro atoms. The zero-order valence-electron chi connectivity index (χ0n) is 12.0. The van der Waals surface area contributed by atoms with Gasteiger partial charge in [-0.2, -0.15) is 0 Å². The van der Waals surface area contributed by atoms with Crippen molar-refractivity contribution in [3.05, 3.63) is 44.7 Å². The minimum atomic E-state index is -0.292. The van der Waals surface area contributed by atoms with Gasteiger partial charge in [0.15, 0.2) is 0 Å². The first-order valence-corrected chi connectivity index (χ1v) is 7.65. The fourth-order valence-electron chi connectivity index (χ4n) is 2.19. The Morgan fingerprint density at radius 1 is 1.43 bits per heavy atom. The van der Waals surface area contributed by atoms with Crippen LogP contribution in [-0.2, 0) is 0 Å². The summed E-state index contributed by atoms with van der Waals surface area (Å²) < 4.78 is 0.757. The average molecular weight is 352 g/mol. The SMILES string of the molecule is CCN[C@H](C)CNC(=O)c1cc(=O)[nH]c2c(Br)cccc12. The van der Waals surface area contributed by atoms with Gasteiger partial charge in [0, 0.05) is 28.5 Å². The van der Waals surface area contributed by atoms with Crippen LogP contribution in [0.2, 0.25) is 0 Å². The molecule has 1 amide bonds. The maximum absolute atomic E-state index is 12.3. The summed E-state index contributed by atoms with van der Waals surface area (Å²) >= 11 is 3.39. The van der Waals surface area contributed by atoms with Crippen LogP contribution in [0.4, 0.5) is 0 Å². The van der Waals surface area contributed by atoms with Gasteiger partial charge in [0.05, 0.1) is 11.1 Å². The molecule has 0 aliphatic rings. The van der Waals surface area contributed by atoms with Gasteiger partial charge in [-0.1, -0.05) is 19.1 Å². The van der Waals surface area contributed by atoms with Gasteiger partial charge < -0.3 is 15.6 Å². The van der Waals surface area contributed by atoms with Gasteiger partial charge in [-0.05, 0) is 35.5 Å². The quantitative estimate of drug-likeness (QED) is 0.771. The van der Waals surface area contributed by atoms with E-state index >= 15 is 0 Å². The zero-order chi connectivity index (χ0) is 15.4. The summed E-state index contributed by atoms with van der Waals surface area (Å²) in [5, 5.41) is 6.79. The highest BCUT2D eigenvalue weighted by molar-refractivity contribution is 9.10. The Bertz CT molecular complexity index is 712. The molecule has 1 aromatic carbocycles. The number of hydrogen-bond acceptors (Lipinski definition) is 3. The molecule has 1 heterocycles. The number of aromatic amines is 1. The first-order valence-electron chi connectivity index (χ1n) is 6.86. The standard InChI is InChI=1S/C15H18BrN3O2/c1-3-17-9(2)8-18-15(21)11-7-13(20)19-14-10(11)5-4-6-12(14)16/h4-7,9,17H,3,8H2,1-2H3,(H,18,21)(H,19,20)/t9-/m1/s1. The van der Waals surface area contributed by atoms with Gasteiger partial charge in [-0.25, -0.2) is 0 Å². The van der Waals surface area contributed by atoms with Crippen LogP contribution in [0.1, 0.15) is 24.2 Å². The Labute approximate surface area is 131 Å². The number of pyridine rings is 1. The Morgan fingerprint density at radius 3 is 2.90 bits per heavy atom. The van der Waals surface area contributed by atoms with Gasteiger partial charge in [0.25, 0.3) is 5.91 Å². The number of hydrogen-bond donors (Lipinski definition) is 3.